The maximum absolute atomic E-state index is 14.3. The fourth-order valence-electron chi connectivity index (χ4n) is 8.73. The smallest absolute Gasteiger partial charge is 0.311 e. The van der Waals surface area contributed by atoms with Gasteiger partial charge in [0.05, 0.1) is 41.9 Å². The molecule has 4 heterocycles. The molecule has 2 bridgehead atoms. The molecule has 13 heteroatoms. The SMILES string of the molecule is CC[C@@H](O)[C@@](C)(O)C1OC(=O)C(C)C(O[C@H]2C[C@@](C)(OC)[C@@H](O)[C@H](C)O2)[C@H](C)[C@@H](O[C@@H]2O[C@H](C)C[C@H](N(C)C)[C@H]2O)[C@@]2(C)CC(C)=C(O2)[C@@H]1C. The largest absolute Gasteiger partial charge is 0.488 e. The van der Waals surface area contributed by atoms with Crippen molar-refractivity contribution < 1.29 is 58.4 Å². The first-order valence-electron chi connectivity index (χ1n) is 18.3. The Bertz CT molecular complexity index is 1210. The zero-order valence-corrected chi connectivity index (χ0v) is 32.4. The number of ether oxygens (including phenoxy) is 7. The van der Waals surface area contributed by atoms with Gasteiger partial charge >= 0.3 is 5.97 Å². The van der Waals surface area contributed by atoms with E-state index in [2.05, 4.69) is 0 Å². The number of likely N-dealkylation sites (N-methyl/N-ethyl adjacent to an activating group) is 1. The first-order valence-corrected chi connectivity index (χ1v) is 18.3. The zero-order valence-electron chi connectivity index (χ0n) is 32.4. The number of carbonyl (C=O) groups is 1. The number of fused-ring (bicyclic) bond motifs is 2. The molecule has 4 rings (SSSR count). The lowest BCUT2D eigenvalue weighted by atomic mass is 9.78. The molecular formula is C37H65NO12. The van der Waals surface area contributed by atoms with Gasteiger partial charge in [0, 0.05) is 31.9 Å². The summed E-state index contributed by atoms with van der Waals surface area (Å²) in [6.45, 7) is 18.0. The Morgan fingerprint density at radius 1 is 1.06 bits per heavy atom. The molecule has 13 nitrogen and oxygen atoms in total. The van der Waals surface area contributed by atoms with E-state index < -0.39 is 95.8 Å². The van der Waals surface area contributed by atoms with Crippen molar-refractivity contribution in [3.8, 4) is 0 Å². The van der Waals surface area contributed by atoms with Gasteiger partial charge in [0.25, 0.3) is 0 Å². The fraction of sp³-hybridized carbons (Fsp3) is 0.919. The summed E-state index contributed by atoms with van der Waals surface area (Å²) in [7, 11) is 5.35. The summed E-state index contributed by atoms with van der Waals surface area (Å²) in [5.74, 6) is -2.26. The van der Waals surface area contributed by atoms with Gasteiger partial charge in [-0.15, -0.1) is 0 Å². The summed E-state index contributed by atoms with van der Waals surface area (Å²) < 4.78 is 44.8. The van der Waals surface area contributed by atoms with Gasteiger partial charge in [0.15, 0.2) is 12.6 Å². The van der Waals surface area contributed by atoms with Crippen LogP contribution in [0.1, 0.15) is 94.9 Å². The van der Waals surface area contributed by atoms with Gasteiger partial charge in [-0.3, -0.25) is 4.79 Å². The van der Waals surface area contributed by atoms with Crippen LogP contribution in [0.5, 0.6) is 0 Å². The standard InChI is InChI=1S/C37H65NO12/c1-14-25(39)37(10,43)32-20(4)28-18(2)16-36(9,50-28)31(49-34-27(40)24(38(11)12)15-19(3)45-34)21(5)29(22(6)33(42)48-32)47-26-17-35(8,44-13)30(41)23(7)46-26/h19-27,29-32,34,39-41,43H,14-17H2,1-13H3/t19-,20+,21+,22?,23+,24+,25-,26+,27-,29?,30+,31-,32?,34+,35-,36-,37-/m1/s1. The zero-order chi connectivity index (χ0) is 37.7. The normalized spacial score (nSPS) is 46.5. The predicted octanol–water partition coefficient (Wildman–Crippen LogP) is 2.89. The molecule has 3 saturated heterocycles. The number of aliphatic hydroxyl groups is 4. The molecular weight excluding hydrogens is 650 g/mol. The van der Waals surface area contributed by atoms with Crippen molar-refractivity contribution in [3.05, 3.63) is 11.3 Å². The van der Waals surface area contributed by atoms with Crippen LogP contribution >= 0.6 is 0 Å². The van der Waals surface area contributed by atoms with Crippen molar-refractivity contribution >= 4 is 5.97 Å². The number of hydrogen-bond acceptors (Lipinski definition) is 13. The summed E-state index contributed by atoms with van der Waals surface area (Å²) in [5, 5.41) is 45.2. The van der Waals surface area contributed by atoms with E-state index in [9.17, 15) is 25.2 Å². The van der Waals surface area contributed by atoms with Crippen molar-refractivity contribution in [2.45, 2.75) is 179 Å². The Labute approximate surface area is 298 Å². The van der Waals surface area contributed by atoms with Gasteiger partial charge in [-0.05, 0) is 81.0 Å². The molecule has 3 fully saturated rings. The van der Waals surface area contributed by atoms with Crippen molar-refractivity contribution in [3.63, 3.8) is 0 Å². The van der Waals surface area contributed by atoms with Crippen LogP contribution in [0.4, 0.5) is 0 Å². The molecule has 0 saturated carbocycles. The minimum atomic E-state index is -1.82. The first kappa shape index (κ1) is 41.4. The van der Waals surface area contributed by atoms with E-state index in [4.69, 9.17) is 33.2 Å². The quantitative estimate of drug-likeness (QED) is 0.258. The second kappa shape index (κ2) is 15.5. The van der Waals surface area contributed by atoms with Crippen molar-refractivity contribution in [2.24, 2.45) is 17.8 Å². The van der Waals surface area contributed by atoms with Crippen molar-refractivity contribution in [2.75, 3.05) is 21.2 Å². The molecule has 290 valence electrons. The highest BCUT2D eigenvalue weighted by atomic mass is 16.7. The number of aliphatic hydroxyl groups excluding tert-OH is 3. The second-order valence-corrected chi connectivity index (χ2v) is 16.3. The molecule has 4 N–H and O–H groups in total. The molecule has 0 radical (unpaired) electrons. The van der Waals surface area contributed by atoms with Gasteiger partial charge in [0.2, 0.25) is 0 Å². The van der Waals surface area contributed by atoms with Crippen LogP contribution in [0.25, 0.3) is 0 Å². The van der Waals surface area contributed by atoms with Crippen LogP contribution in [-0.2, 0) is 38.0 Å². The third kappa shape index (κ3) is 7.93. The summed E-state index contributed by atoms with van der Waals surface area (Å²) >= 11 is 0. The number of hydrogen-bond donors (Lipinski definition) is 4. The van der Waals surface area contributed by atoms with Gasteiger partial charge < -0.3 is 58.5 Å². The molecule has 0 spiro atoms. The number of rotatable bonds is 9. The monoisotopic (exact) mass is 715 g/mol. The Balaban J connectivity index is 1.83. The highest BCUT2D eigenvalue weighted by molar-refractivity contribution is 5.73. The highest BCUT2D eigenvalue weighted by Crippen LogP contribution is 2.48. The maximum atomic E-state index is 14.3. The summed E-state index contributed by atoms with van der Waals surface area (Å²) in [4.78, 5) is 16.2. The number of esters is 1. The Kier molecular flexibility index (Phi) is 12.8. The molecule has 0 aromatic carbocycles. The molecule has 0 aromatic rings. The Morgan fingerprint density at radius 3 is 2.28 bits per heavy atom. The lowest BCUT2D eigenvalue weighted by molar-refractivity contribution is -0.316. The molecule has 3 unspecified atom stereocenters. The molecule has 0 amide bonds. The molecule has 0 aliphatic carbocycles. The van der Waals surface area contributed by atoms with Crippen LogP contribution < -0.4 is 0 Å². The number of carbonyl (C=O) groups excluding carboxylic acids is 1. The maximum Gasteiger partial charge on any atom is 0.311 e. The van der Waals surface area contributed by atoms with E-state index >= 15 is 0 Å². The van der Waals surface area contributed by atoms with Crippen LogP contribution in [0, 0.1) is 17.8 Å². The van der Waals surface area contributed by atoms with E-state index in [1.54, 1.807) is 27.7 Å². The summed E-state index contributed by atoms with van der Waals surface area (Å²) in [5.41, 5.74) is -2.95. The van der Waals surface area contributed by atoms with Gasteiger partial charge in [-0.25, -0.2) is 0 Å². The van der Waals surface area contributed by atoms with E-state index in [1.807, 2.05) is 53.6 Å². The highest BCUT2D eigenvalue weighted by Gasteiger charge is 2.57. The Morgan fingerprint density at radius 2 is 1.70 bits per heavy atom. The summed E-state index contributed by atoms with van der Waals surface area (Å²) in [6, 6.07) is -0.223. The van der Waals surface area contributed by atoms with Crippen molar-refractivity contribution in [1.82, 2.24) is 4.90 Å². The van der Waals surface area contributed by atoms with Crippen LogP contribution in [0.3, 0.4) is 0 Å². The lowest BCUT2D eigenvalue weighted by Gasteiger charge is -2.48. The lowest BCUT2D eigenvalue weighted by Crippen LogP contribution is -2.60. The van der Waals surface area contributed by atoms with Crippen molar-refractivity contribution in [1.29, 1.82) is 0 Å². The van der Waals surface area contributed by atoms with Crippen LogP contribution in [0.2, 0.25) is 0 Å². The van der Waals surface area contributed by atoms with E-state index in [0.717, 1.165) is 5.57 Å². The topological polar surface area (TPSA) is 166 Å². The van der Waals surface area contributed by atoms with Gasteiger partial charge in [-0.1, -0.05) is 20.8 Å². The van der Waals surface area contributed by atoms with E-state index in [1.165, 1.54) is 14.0 Å². The minimum Gasteiger partial charge on any atom is -0.488 e. The van der Waals surface area contributed by atoms with Gasteiger partial charge in [-0.2, -0.15) is 0 Å². The van der Waals surface area contributed by atoms with E-state index in [-0.39, 0.29) is 25.0 Å². The second-order valence-electron chi connectivity index (χ2n) is 16.3. The fourth-order valence-corrected chi connectivity index (χ4v) is 8.73. The van der Waals surface area contributed by atoms with Crippen LogP contribution in [0.15, 0.2) is 11.3 Å². The third-order valence-electron chi connectivity index (χ3n) is 11.9. The molecule has 4 aliphatic heterocycles. The van der Waals surface area contributed by atoms with Crippen LogP contribution in [-0.4, -0.2) is 137 Å². The van der Waals surface area contributed by atoms with E-state index in [0.29, 0.717) is 18.6 Å². The third-order valence-corrected chi connectivity index (χ3v) is 11.9. The number of cyclic esters (lactones) is 1. The minimum absolute atomic E-state index is 0.174. The molecule has 0 aromatic heterocycles. The first-order chi connectivity index (χ1) is 23.1. The summed E-state index contributed by atoms with van der Waals surface area (Å²) in [6.07, 6.45) is -7.24. The average Bonchev–Trinajstić information content (AvgIpc) is 3.36. The molecule has 50 heavy (non-hydrogen) atoms. The average molecular weight is 716 g/mol. The molecule has 4 aliphatic rings. The predicted molar refractivity (Wildman–Crippen MR) is 184 cm³/mol. The molecule has 17 atom stereocenters. The number of methoxy groups -OCH3 is 1. The number of nitrogens with zero attached hydrogens (tertiary/aromatic N) is 1. The Hall–Kier alpha value is -1.39. The van der Waals surface area contributed by atoms with Gasteiger partial charge in [0.1, 0.15) is 41.4 Å².